The third kappa shape index (κ3) is 2.83. The van der Waals surface area contributed by atoms with Crippen molar-refractivity contribution in [2.24, 2.45) is 5.92 Å². The van der Waals surface area contributed by atoms with Gasteiger partial charge in [0.25, 0.3) is 0 Å². The Morgan fingerprint density at radius 3 is 2.92 bits per heavy atom. The minimum atomic E-state index is -0.0178. The van der Waals surface area contributed by atoms with Crippen molar-refractivity contribution < 1.29 is 9.53 Å². The number of nitrogens with zero attached hydrogens (tertiary/aromatic N) is 3. The number of amides is 1. The van der Waals surface area contributed by atoms with Crippen LogP contribution in [0.4, 0.5) is 10.3 Å². The second-order valence-electron chi connectivity index (χ2n) is 5.72. The van der Waals surface area contributed by atoms with Crippen LogP contribution in [0.5, 0.6) is 5.75 Å². The molecule has 124 valence electrons. The van der Waals surface area contributed by atoms with Gasteiger partial charge in [0.1, 0.15) is 5.75 Å². The molecule has 4 rings (SSSR count). The molecule has 0 spiro atoms. The lowest BCUT2D eigenvalue weighted by Crippen LogP contribution is -2.52. The average molecular weight is 360 g/mol. The standard InChI is InChI=1S/C16H16N4O2S2/c1-9-8-23-15(17-9)19-14(21)10-6-20(7-10)16-18-12-5-11(22-2)3-4-13(12)24-16/h3-5,8,10H,6-7H2,1-2H3,(H,17,19,21). The zero-order valence-corrected chi connectivity index (χ0v) is 14.9. The summed E-state index contributed by atoms with van der Waals surface area (Å²) in [6, 6.07) is 5.89. The van der Waals surface area contributed by atoms with Crippen molar-refractivity contribution >= 4 is 49.1 Å². The van der Waals surface area contributed by atoms with Gasteiger partial charge in [-0.1, -0.05) is 11.3 Å². The maximum Gasteiger partial charge on any atom is 0.232 e. The van der Waals surface area contributed by atoms with Gasteiger partial charge in [0.05, 0.1) is 28.9 Å². The van der Waals surface area contributed by atoms with Gasteiger partial charge in [0.2, 0.25) is 5.91 Å². The number of anilines is 2. The minimum absolute atomic E-state index is 0.0178. The molecule has 3 heterocycles. The number of methoxy groups -OCH3 is 1. The van der Waals surface area contributed by atoms with E-state index in [0.717, 1.165) is 26.8 Å². The molecule has 0 aliphatic carbocycles. The summed E-state index contributed by atoms with van der Waals surface area (Å²) in [6.45, 7) is 3.29. The predicted molar refractivity (Wildman–Crippen MR) is 97.4 cm³/mol. The Labute approximate surface area is 147 Å². The van der Waals surface area contributed by atoms with Gasteiger partial charge >= 0.3 is 0 Å². The molecule has 6 nitrogen and oxygen atoms in total. The molecule has 3 aromatic rings. The Bertz CT molecular complexity index is 899. The van der Waals surface area contributed by atoms with E-state index < -0.39 is 0 Å². The summed E-state index contributed by atoms with van der Waals surface area (Å²) in [5.41, 5.74) is 1.86. The minimum Gasteiger partial charge on any atom is -0.497 e. The molecular weight excluding hydrogens is 344 g/mol. The van der Waals surface area contributed by atoms with Crippen LogP contribution < -0.4 is 15.0 Å². The van der Waals surface area contributed by atoms with Crippen molar-refractivity contribution in [3.63, 3.8) is 0 Å². The zero-order chi connectivity index (χ0) is 16.7. The monoisotopic (exact) mass is 360 g/mol. The van der Waals surface area contributed by atoms with Gasteiger partial charge in [0.15, 0.2) is 10.3 Å². The van der Waals surface area contributed by atoms with Crippen LogP contribution in [-0.4, -0.2) is 36.1 Å². The lowest BCUT2D eigenvalue weighted by atomic mass is 10.0. The average Bonchev–Trinajstić information content (AvgIpc) is 3.10. The highest BCUT2D eigenvalue weighted by atomic mass is 32.1. The molecule has 0 saturated carbocycles. The second kappa shape index (κ2) is 6.03. The van der Waals surface area contributed by atoms with Crippen molar-refractivity contribution in [2.45, 2.75) is 6.92 Å². The van der Waals surface area contributed by atoms with Crippen LogP contribution in [0.2, 0.25) is 0 Å². The van der Waals surface area contributed by atoms with Crippen molar-refractivity contribution in [2.75, 3.05) is 30.4 Å². The van der Waals surface area contributed by atoms with E-state index >= 15 is 0 Å². The summed E-state index contributed by atoms with van der Waals surface area (Å²) < 4.78 is 6.35. The van der Waals surface area contributed by atoms with Gasteiger partial charge in [-0.2, -0.15) is 0 Å². The number of thiazole rings is 2. The molecular formula is C16H16N4O2S2. The molecule has 1 saturated heterocycles. The fourth-order valence-corrected chi connectivity index (χ4v) is 4.23. The van der Waals surface area contributed by atoms with Crippen LogP contribution >= 0.6 is 22.7 Å². The first-order valence-electron chi connectivity index (χ1n) is 7.55. The fourth-order valence-electron chi connectivity index (χ4n) is 2.58. The Morgan fingerprint density at radius 2 is 2.21 bits per heavy atom. The number of aromatic nitrogens is 2. The highest BCUT2D eigenvalue weighted by Gasteiger charge is 2.34. The molecule has 2 aromatic heterocycles. The van der Waals surface area contributed by atoms with E-state index in [9.17, 15) is 4.79 Å². The fraction of sp³-hybridized carbons (Fsp3) is 0.312. The predicted octanol–water partition coefficient (Wildman–Crippen LogP) is 3.14. The number of hydrogen-bond donors (Lipinski definition) is 1. The maximum atomic E-state index is 12.2. The number of hydrogen-bond acceptors (Lipinski definition) is 7. The van der Waals surface area contributed by atoms with Crippen LogP contribution in [0.15, 0.2) is 23.6 Å². The first kappa shape index (κ1) is 15.3. The Kier molecular flexibility index (Phi) is 3.85. The number of rotatable bonds is 4. The van der Waals surface area contributed by atoms with E-state index in [1.54, 1.807) is 18.4 Å². The molecule has 1 aromatic carbocycles. The van der Waals surface area contributed by atoms with Gasteiger partial charge in [0, 0.05) is 24.5 Å². The van der Waals surface area contributed by atoms with Crippen molar-refractivity contribution in [1.82, 2.24) is 9.97 Å². The number of carbonyl (C=O) groups is 1. The first-order valence-corrected chi connectivity index (χ1v) is 9.24. The molecule has 1 N–H and O–H groups in total. The number of aryl methyl sites for hydroxylation is 1. The number of benzene rings is 1. The van der Waals surface area contributed by atoms with Gasteiger partial charge < -0.3 is 15.0 Å². The van der Waals surface area contributed by atoms with E-state index in [0.29, 0.717) is 18.2 Å². The van der Waals surface area contributed by atoms with Crippen molar-refractivity contribution in [1.29, 1.82) is 0 Å². The Balaban J connectivity index is 1.40. The second-order valence-corrected chi connectivity index (χ2v) is 7.58. The SMILES string of the molecule is COc1ccc2sc(N3CC(C(=O)Nc4nc(C)cs4)C3)nc2c1. The molecule has 0 radical (unpaired) electrons. The van der Waals surface area contributed by atoms with Crippen LogP contribution in [-0.2, 0) is 4.79 Å². The molecule has 1 amide bonds. The lowest BCUT2D eigenvalue weighted by Gasteiger charge is -2.37. The number of nitrogens with one attached hydrogen (secondary N) is 1. The smallest absolute Gasteiger partial charge is 0.232 e. The quantitative estimate of drug-likeness (QED) is 0.774. The van der Waals surface area contributed by atoms with Crippen LogP contribution in [0, 0.1) is 12.8 Å². The van der Waals surface area contributed by atoms with E-state index in [-0.39, 0.29) is 11.8 Å². The number of fused-ring (bicyclic) bond motifs is 1. The molecule has 0 unspecified atom stereocenters. The van der Waals surface area contributed by atoms with E-state index in [1.165, 1.54) is 11.3 Å². The topological polar surface area (TPSA) is 67.3 Å². The summed E-state index contributed by atoms with van der Waals surface area (Å²) in [7, 11) is 1.65. The van der Waals surface area contributed by atoms with Gasteiger partial charge in [-0.15, -0.1) is 11.3 Å². The Hall–Kier alpha value is -2.19. The molecule has 24 heavy (non-hydrogen) atoms. The largest absolute Gasteiger partial charge is 0.497 e. The summed E-state index contributed by atoms with van der Waals surface area (Å²) in [4.78, 5) is 23.3. The van der Waals surface area contributed by atoms with Crippen molar-refractivity contribution in [3.05, 3.63) is 29.3 Å². The van der Waals surface area contributed by atoms with Crippen LogP contribution in [0.25, 0.3) is 10.2 Å². The van der Waals surface area contributed by atoms with E-state index in [2.05, 4.69) is 20.2 Å². The highest BCUT2D eigenvalue weighted by molar-refractivity contribution is 7.22. The van der Waals surface area contributed by atoms with Gasteiger partial charge in [-0.25, -0.2) is 9.97 Å². The molecule has 0 atom stereocenters. The Morgan fingerprint density at radius 1 is 1.38 bits per heavy atom. The number of ether oxygens (including phenoxy) is 1. The van der Waals surface area contributed by atoms with Gasteiger partial charge in [-0.3, -0.25) is 4.79 Å². The summed E-state index contributed by atoms with van der Waals surface area (Å²) in [6.07, 6.45) is 0. The summed E-state index contributed by atoms with van der Waals surface area (Å²) in [5, 5.41) is 6.44. The molecule has 1 aliphatic heterocycles. The third-order valence-electron chi connectivity index (χ3n) is 3.96. The normalized spacial score (nSPS) is 14.7. The lowest BCUT2D eigenvalue weighted by molar-refractivity contribution is -0.120. The molecule has 1 fully saturated rings. The molecule has 0 bridgehead atoms. The molecule has 8 heteroatoms. The van der Waals surface area contributed by atoms with Gasteiger partial charge in [-0.05, 0) is 19.1 Å². The third-order valence-corrected chi connectivity index (χ3v) is 5.93. The van der Waals surface area contributed by atoms with Crippen molar-refractivity contribution in [3.8, 4) is 5.75 Å². The number of carbonyl (C=O) groups excluding carboxylic acids is 1. The first-order chi connectivity index (χ1) is 11.6. The molecule has 1 aliphatic rings. The summed E-state index contributed by atoms with van der Waals surface area (Å²) in [5.74, 6) is 0.818. The summed E-state index contributed by atoms with van der Waals surface area (Å²) >= 11 is 3.09. The van der Waals surface area contributed by atoms with Crippen LogP contribution in [0.3, 0.4) is 0 Å². The maximum absolute atomic E-state index is 12.2. The zero-order valence-electron chi connectivity index (χ0n) is 13.3. The van der Waals surface area contributed by atoms with E-state index in [4.69, 9.17) is 4.74 Å². The van der Waals surface area contributed by atoms with Crippen LogP contribution in [0.1, 0.15) is 5.69 Å². The van der Waals surface area contributed by atoms with E-state index in [1.807, 2.05) is 30.5 Å². The highest BCUT2D eigenvalue weighted by Crippen LogP contribution is 2.34.